The minimum atomic E-state index is -0.726. The molecule has 198 valence electrons. The van der Waals surface area contributed by atoms with Gasteiger partial charge in [-0.2, -0.15) is 4.99 Å². The SMILES string of the molecule is CCOCCCn1c(=NC(=O)c2ccc(Cl)cc2Cl)c(C(=O)OCC)cc2c(=O)n3cccc(C)c3nc21. The molecule has 11 heteroatoms. The van der Waals surface area contributed by atoms with Crippen molar-refractivity contribution in [3.63, 3.8) is 0 Å². The van der Waals surface area contributed by atoms with Crippen LogP contribution < -0.4 is 11.0 Å². The number of carbonyl (C=O) groups excluding carboxylic acids is 2. The normalized spacial score (nSPS) is 11.9. The predicted octanol–water partition coefficient (Wildman–Crippen LogP) is 4.61. The van der Waals surface area contributed by atoms with E-state index in [1.165, 1.54) is 28.7 Å². The standard InChI is InChI=1S/C27H26Cl2N4O5/c1-4-37-13-7-12-32-23-19(26(35)33-11-6-8-16(3)22(33)30-23)15-20(27(36)38-5-2)24(32)31-25(34)18-10-9-17(28)14-21(18)29/h6,8-11,14-15H,4-5,7,12-13H2,1-3H3. The first-order chi connectivity index (χ1) is 18.3. The molecule has 0 unspecified atom stereocenters. The quantitative estimate of drug-likeness (QED) is 0.178. The molecule has 0 bridgehead atoms. The van der Waals surface area contributed by atoms with Gasteiger partial charge in [0.05, 0.1) is 22.6 Å². The molecule has 0 saturated carbocycles. The Balaban J connectivity index is 2.09. The number of aryl methyl sites for hydroxylation is 2. The van der Waals surface area contributed by atoms with Crippen molar-refractivity contribution in [1.82, 2.24) is 14.0 Å². The number of nitrogens with zero attached hydrogens (tertiary/aromatic N) is 4. The monoisotopic (exact) mass is 556 g/mol. The molecule has 38 heavy (non-hydrogen) atoms. The van der Waals surface area contributed by atoms with Crippen LogP contribution in [0.3, 0.4) is 0 Å². The average molecular weight is 557 g/mol. The first kappa shape index (κ1) is 27.5. The number of esters is 1. The Labute approximate surface area is 228 Å². The van der Waals surface area contributed by atoms with Gasteiger partial charge >= 0.3 is 5.97 Å². The Kier molecular flexibility index (Phi) is 8.61. The summed E-state index contributed by atoms with van der Waals surface area (Å²) in [5.74, 6) is -1.42. The molecule has 0 atom stereocenters. The van der Waals surface area contributed by atoms with Gasteiger partial charge < -0.3 is 14.0 Å². The van der Waals surface area contributed by atoms with Crippen LogP contribution in [-0.2, 0) is 16.0 Å². The smallest absolute Gasteiger partial charge is 0.341 e. The van der Waals surface area contributed by atoms with Gasteiger partial charge in [-0.25, -0.2) is 9.78 Å². The molecule has 1 amide bonds. The molecule has 0 aliphatic heterocycles. The number of ether oxygens (including phenoxy) is 2. The van der Waals surface area contributed by atoms with Crippen LogP contribution in [0.1, 0.15) is 46.5 Å². The van der Waals surface area contributed by atoms with Gasteiger partial charge in [0.15, 0.2) is 5.49 Å². The number of aromatic nitrogens is 3. The zero-order valence-electron chi connectivity index (χ0n) is 21.2. The number of carbonyl (C=O) groups is 2. The van der Waals surface area contributed by atoms with Crippen molar-refractivity contribution >= 4 is 51.8 Å². The maximum atomic E-state index is 13.5. The van der Waals surface area contributed by atoms with Crippen molar-refractivity contribution in [2.75, 3.05) is 19.8 Å². The van der Waals surface area contributed by atoms with Gasteiger partial charge in [-0.1, -0.05) is 29.3 Å². The summed E-state index contributed by atoms with van der Waals surface area (Å²) in [5.41, 5.74) is 1.22. The van der Waals surface area contributed by atoms with Crippen molar-refractivity contribution in [3.8, 4) is 0 Å². The first-order valence-electron chi connectivity index (χ1n) is 12.1. The van der Waals surface area contributed by atoms with Crippen LogP contribution >= 0.6 is 23.2 Å². The van der Waals surface area contributed by atoms with E-state index in [1.807, 2.05) is 19.9 Å². The van der Waals surface area contributed by atoms with E-state index in [0.717, 1.165) is 5.56 Å². The van der Waals surface area contributed by atoms with Gasteiger partial charge in [0.2, 0.25) is 0 Å². The van der Waals surface area contributed by atoms with Gasteiger partial charge in [-0.15, -0.1) is 0 Å². The molecule has 4 aromatic rings. The highest BCUT2D eigenvalue weighted by atomic mass is 35.5. The van der Waals surface area contributed by atoms with Crippen molar-refractivity contribution in [2.45, 2.75) is 33.7 Å². The summed E-state index contributed by atoms with van der Waals surface area (Å²) in [4.78, 5) is 49.0. The van der Waals surface area contributed by atoms with Crippen LogP contribution in [0.2, 0.25) is 10.0 Å². The second kappa shape index (κ2) is 11.9. The fourth-order valence-electron chi connectivity index (χ4n) is 4.07. The molecule has 0 N–H and O–H groups in total. The van der Waals surface area contributed by atoms with Crippen LogP contribution in [0.5, 0.6) is 0 Å². The van der Waals surface area contributed by atoms with Crippen molar-refractivity contribution in [1.29, 1.82) is 0 Å². The van der Waals surface area contributed by atoms with Crippen molar-refractivity contribution < 1.29 is 19.1 Å². The van der Waals surface area contributed by atoms with Crippen LogP contribution in [0.15, 0.2) is 52.4 Å². The van der Waals surface area contributed by atoms with Gasteiger partial charge in [-0.3, -0.25) is 14.0 Å². The molecule has 0 spiro atoms. The van der Waals surface area contributed by atoms with Crippen LogP contribution in [0.25, 0.3) is 16.7 Å². The van der Waals surface area contributed by atoms with E-state index in [4.69, 9.17) is 37.7 Å². The molecular weight excluding hydrogens is 531 g/mol. The molecule has 9 nitrogen and oxygen atoms in total. The number of pyridine rings is 2. The second-order valence-corrected chi connectivity index (χ2v) is 9.23. The lowest BCUT2D eigenvalue weighted by atomic mass is 10.2. The van der Waals surface area contributed by atoms with Crippen LogP contribution in [0.4, 0.5) is 0 Å². The van der Waals surface area contributed by atoms with Gasteiger partial charge in [0.1, 0.15) is 16.9 Å². The largest absolute Gasteiger partial charge is 0.462 e. The maximum absolute atomic E-state index is 13.5. The molecule has 3 heterocycles. The maximum Gasteiger partial charge on any atom is 0.341 e. The van der Waals surface area contributed by atoms with E-state index in [1.54, 1.807) is 23.8 Å². The van der Waals surface area contributed by atoms with E-state index < -0.39 is 11.9 Å². The van der Waals surface area contributed by atoms with Crippen molar-refractivity contribution in [3.05, 3.63) is 85.2 Å². The molecule has 4 rings (SSSR count). The Morgan fingerprint density at radius 2 is 1.84 bits per heavy atom. The number of halogens is 2. The summed E-state index contributed by atoms with van der Waals surface area (Å²) in [6.45, 7) is 6.69. The molecule has 0 aliphatic carbocycles. The number of hydrogen-bond acceptors (Lipinski definition) is 6. The molecular formula is C27H26Cl2N4O5. The first-order valence-corrected chi connectivity index (χ1v) is 12.9. The topological polar surface area (TPSA) is 104 Å². The fraction of sp³-hybridized carbons (Fsp3) is 0.296. The third kappa shape index (κ3) is 5.50. The molecule has 0 fully saturated rings. The highest BCUT2D eigenvalue weighted by Crippen LogP contribution is 2.22. The minimum Gasteiger partial charge on any atom is -0.462 e. The lowest BCUT2D eigenvalue weighted by Gasteiger charge is -2.15. The summed E-state index contributed by atoms with van der Waals surface area (Å²) in [7, 11) is 0. The lowest BCUT2D eigenvalue weighted by Crippen LogP contribution is -2.33. The second-order valence-electron chi connectivity index (χ2n) is 8.38. The molecule has 0 aliphatic rings. The van der Waals surface area contributed by atoms with Crippen molar-refractivity contribution in [2.24, 2.45) is 4.99 Å². The van der Waals surface area contributed by atoms with E-state index >= 15 is 0 Å². The van der Waals surface area contributed by atoms with E-state index in [2.05, 4.69) is 4.99 Å². The van der Waals surface area contributed by atoms with Crippen LogP contribution in [-0.4, -0.2) is 45.6 Å². The average Bonchev–Trinajstić information content (AvgIpc) is 2.88. The summed E-state index contributed by atoms with van der Waals surface area (Å²) < 4.78 is 13.8. The molecule has 3 aromatic heterocycles. The third-order valence-electron chi connectivity index (χ3n) is 5.84. The predicted molar refractivity (Wildman–Crippen MR) is 145 cm³/mol. The van der Waals surface area contributed by atoms with E-state index in [-0.39, 0.29) is 51.4 Å². The highest BCUT2D eigenvalue weighted by Gasteiger charge is 2.21. The highest BCUT2D eigenvalue weighted by molar-refractivity contribution is 6.36. The summed E-state index contributed by atoms with van der Waals surface area (Å²) in [6, 6.07) is 9.40. The zero-order valence-corrected chi connectivity index (χ0v) is 22.7. The van der Waals surface area contributed by atoms with Gasteiger partial charge in [0.25, 0.3) is 11.5 Å². The van der Waals surface area contributed by atoms with Crippen LogP contribution in [0, 0.1) is 6.92 Å². The summed E-state index contributed by atoms with van der Waals surface area (Å²) >= 11 is 12.3. The number of fused-ring (bicyclic) bond motifs is 2. The summed E-state index contributed by atoms with van der Waals surface area (Å²) in [6.07, 6.45) is 2.12. The van der Waals surface area contributed by atoms with E-state index in [9.17, 15) is 14.4 Å². The zero-order chi connectivity index (χ0) is 27.4. The Bertz CT molecular complexity index is 1680. The number of benzene rings is 1. The lowest BCUT2D eigenvalue weighted by molar-refractivity contribution is 0.0523. The third-order valence-corrected chi connectivity index (χ3v) is 6.39. The number of hydrogen-bond donors (Lipinski definition) is 0. The van der Waals surface area contributed by atoms with E-state index in [0.29, 0.717) is 30.3 Å². The summed E-state index contributed by atoms with van der Waals surface area (Å²) in [5, 5.41) is 0.663. The Morgan fingerprint density at radius 3 is 2.55 bits per heavy atom. The number of amides is 1. The van der Waals surface area contributed by atoms with Gasteiger partial charge in [0, 0.05) is 31.0 Å². The van der Waals surface area contributed by atoms with Gasteiger partial charge in [-0.05, 0) is 63.1 Å². The molecule has 0 saturated heterocycles. The Hall–Kier alpha value is -3.53. The molecule has 1 aromatic carbocycles. The Morgan fingerprint density at radius 1 is 1.05 bits per heavy atom. The fourth-order valence-corrected chi connectivity index (χ4v) is 4.56. The molecule has 0 radical (unpaired) electrons. The minimum absolute atomic E-state index is 0.00768. The number of rotatable bonds is 8.